The number of hydrogen-bond donors (Lipinski definition) is 0. The standard InChI is InChI=1S/C38H49F2N3O2/c1-11-15-26(6)37(41-16-12-2)35(20-27(7)31-21-32(39)23-33(40)22-31)36-30(10)42-24-28(8)34(36)19-25(5)18-29(9)43(17-13-3)38(44)45-14-4/h11-12,15-16,20-24,27,29H,1,5,13-14,17-19H2,2-4,6-10H3/b16-12-,26-15+,35-20+,41-37+/t27?,29-/m1/s1. The number of aryl methyl sites for hydroxylation is 2. The molecule has 5 nitrogen and oxygen atoms in total. The number of allylic oxidation sites excluding steroid dienone is 6. The Bertz CT molecular complexity index is 1470. The van der Waals surface area contributed by atoms with Crippen molar-refractivity contribution in [3.05, 3.63) is 119 Å². The molecule has 0 aliphatic heterocycles. The van der Waals surface area contributed by atoms with Crippen molar-refractivity contribution in [1.82, 2.24) is 9.88 Å². The number of halogens is 2. The van der Waals surface area contributed by atoms with Crippen molar-refractivity contribution in [2.75, 3.05) is 13.2 Å². The minimum Gasteiger partial charge on any atom is -0.450 e. The molecule has 242 valence electrons. The molecular formula is C38H49F2N3O2. The molecule has 1 aromatic carbocycles. The van der Waals surface area contributed by atoms with E-state index in [1.165, 1.54) is 12.1 Å². The summed E-state index contributed by atoms with van der Waals surface area (Å²) in [5.41, 5.74) is 7.51. The van der Waals surface area contributed by atoms with Crippen LogP contribution < -0.4 is 0 Å². The van der Waals surface area contributed by atoms with Crippen molar-refractivity contribution >= 4 is 17.4 Å². The molecule has 0 aliphatic rings. The number of pyridine rings is 1. The summed E-state index contributed by atoms with van der Waals surface area (Å²) in [6.07, 6.45) is 12.7. The second-order valence-electron chi connectivity index (χ2n) is 11.4. The van der Waals surface area contributed by atoms with Crippen LogP contribution in [0.2, 0.25) is 0 Å². The van der Waals surface area contributed by atoms with E-state index in [2.05, 4.69) is 13.2 Å². The summed E-state index contributed by atoms with van der Waals surface area (Å²) in [6, 6.07) is 3.48. The quantitative estimate of drug-likeness (QED) is 0.114. The zero-order chi connectivity index (χ0) is 33.7. The van der Waals surface area contributed by atoms with Gasteiger partial charge in [-0.05, 0) is 95.2 Å². The largest absolute Gasteiger partial charge is 0.450 e. The molecule has 1 heterocycles. The number of aliphatic imine (C=N–C) groups is 1. The summed E-state index contributed by atoms with van der Waals surface area (Å²) in [7, 11) is 0. The molecule has 2 atom stereocenters. The molecule has 2 aromatic rings. The Labute approximate surface area is 268 Å². The van der Waals surface area contributed by atoms with Crippen LogP contribution in [0.25, 0.3) is 5.57 Å². The van der Waals surface area contributed by atoms with Gasteiger partial charge in [-0.2, -0.15) is 0 Å². The Balaban J connectivity index is 2.76. The lowest BCUT2D eigenvalue weighted by molar-refractivity contribution is 0.0929. The van der Waals surface area contributed by atoms with E-state index < -0.39 is 11.6 Å². The van der Waals surface area contributed by atoms with Gasteiger partial charge in [0.15, 0.2) is 0 Å². The van der Waals surface area contributed by atoms with Gasteiger partial charge in [0.25, 0.3) is 0 Å². The van der Waals surface area contributed by atoms with E-state index in [0.717, 1.165) is 51.6 Å². The number of carbonyl (C=O) groups is 1. The molecule has 45 heavy (non-hydrogen) atoms. The van der Waals surface area contributed by atoms with E-state index in [9.17, 15) is 13.6 Å². The molecule has 0 bridgehead atoms. The van der Waals surface area contributed by atoms with Gasteiger partial charge < -0.3 is 9.64 Å². The highest BCUT2D eigenvalue weighted by molar-refractivity contribution is 6.32. The molecule has 0 spiro atoms. The Hall–Kier alpha value is -4.13. The van der Waals surface area contributed by atoms with Crippen molar-refractivity contribution in [3.8, 4) is 0 Å². The molecule has 7 heteroatoms. The van der Waals surface area contributed by atoms with Crippen LogP contribution in [0, 0.1) is 25.5 Å². The summed E-state index contributed by atoms with van der Waals surface area (Å²) in [6.45, 7) is 24.8. The van der Waals surface area contributed by atoms with Gasteiger partial charge in [-0.1, -0.05) is 56.9 Å². The lowest BCUT2D eigenvalue weighted by Crippen LogP contribution is -2.39. The van der Waals surface area contributed by atoms with Crippen LogP contribution in [0.4, 0.5) is 13.6 Å². The fourth-order valence-corrected chi connectivity index (χ4v) is 5.38. The summed E-state index contributed by atoms with van der Waals surface area (Å²) in [4.78, 5) is 24.0. The Morgan fingerprint density at radius 3 is 2.40 bits per heavy atom. The third kappa shape index (κ3) is 10.5. The number of carbonyl (C=O) groups excluding carboxylic acids is 1. The summed E-state index contributed by atoms with van der Waals surface area (Å²) >= 11 is 0. The first-order valence-corrected chi connectivity index (χ1v) is 15.6. The fraction of sp³-hybridized carbons (Fsp3) is 0.395. The summed E-state index contributed by atoms with van der Waals surface area (Å²) < 4.78 is 33.8. The molecule has 2 rings (SSSR count). The smallest absolute Gasteiger partial charge is 0.409 e. The predicted octanol–water partition coefficient (Wildman–Crippen LogP) is 10.0. The van der Waals surface area contributed by atoms with E-state index in [4.69, 9.17) is 14.7 Å². The average Bonchev–Trinajstić information content (AvgIpc) is 2.97. The van der Waals surface area contributed by atoms with Crippen LogP contribution >= 0.6 is 0 Å². The van der Waals surface area contributed by atoms with Crippen LogP contribution in [-0.2, 0) is 11.2 Å². The summed E-state index contributed by atoms with van der Waals surface area (Å²) in [5, 5.41) is 0. The molecule has 0 fully saturated rings. The van der Waals surface area contributed by atoms with Crippen molar-refractivity contribution in [2.45, 2.75) is 86.6 Å². The highest BCUT2D eigenvalue weighted by atomic mass is 19.1. The van der Waals surface area contributed by atoms with E-state index in [1.54, 1.807) is 24.1 Å². The predicted molar refractivity (Wildman–Crippen MR) is 184 cm³/mol. The lowest BCUT2D eigenvalue weighted by atomic mass is 9.84. The average molecular weight is 618 g/mol. The van der Waals surface area contributed by atoms with Gasteiger partial charge in [0.1, 0.15) is 11.6 Å². The molecule has 0 N–H and O–H groups in total. The van der Waals surface area contributed by atoms with Gasteiger partial charge in [0, 0.05) is 53.8 Å². The van der Waals surface area contributed by atoms with Crippen molar-refractivity contribution in [3.63, 3.8) is 0 Å². The second kappa shape index (κ2) is 18.0. The zero-order valence-electron chi connectivity index (χ0n) is 28.2. The fourth-order valence-electron chi connectivity index (χ4n) is 5.38. The van der Waals surface area contributed by atoms with E-state index in [1.807, 2.05) is 72.9 Å². The van der Waals surface area contributed by atoms with Crippen molar-refractivity contribution in [1.29, 1.82) is 0 Å². The zero-order valence-corrected chi connectivity index (χ0v) is 28.2. The molecule has 0 saturated carbocycles. The highest BCUT2D eigenvalue weighted by Gasteiger charge is 2.24. The van der Waals surface area contributed by atoms with Crippen LogP contribution in [0.15, 0.2) is 84.2 Å². The first-order valence-electron chi connectivity index (χ1n) is 15.6. The Morgan fingerprint density at radius 2 is 1.82 bits per heavy atom. The van der Waals surface area contributed by atoms with Gasteiger partial charge >= 0.3 is 6.09 Å². The van der Waals surface area contributed by atoms with Gasteiger partial charge in [-0.25, -0.2) is 13.6 Å². The van der Waals surface area contributed by atoms with Crippen molar-refractivity contribution in [2.24, 2.45) is 4.99 Å². The number of benzene rings is 1. The van der Waals surface area contributed by atoms with Gasteiger partial charge in [0.2, 0.25) is 0 Å². The van der Waals surface area contributed by atoms with E-state index >= 15 is 0 Å². The van der Waals surface area contributed by atoms with Crippen LogP contribution in [-0.4, -0.2) is 40.9 Å². The second-order valence-corrected chi connectivity index (χ2v) is 11.4. The molecule has 0 saturated heterocycles. The number of amides is 1. The van der Waals surface area contributed by atoms with E-state index in [0.29, 0.717) is 37.3 Å². The molecule has 1 aromatic heterocycles. The number of nitrogens with zero attached hydrogens (tertiary/aromatic N) is 3. The molecule has 0 aliphatic carbocycles. The monoisotopic (exact) mass is 617 g/mol. The number of rotatable bonds is 15. The maximum Gasteiger partial charge on any atom is 0.409 e. The third-order valence-corrected chi connectivity index (χ3v) is 7.55. The maximum absolute atomic E-state index is 14.3. The van der Waals surface area contributed by atoms with Gasteiger partial charge in [-0.3, -0.25) is 9.98 Å². The van der Waals surface area contributed by atoms with E-state index in [-0.39, 0.29) is 18.1 Å². The summed E-state index contributed by atoms with van der Waals surface area (Å²) in [5.74, 6) is -1.62. The maximum atomic E-state index is 14.3. The first-order chi connectivity index (χ1) is 21.4. The van der Waals surface area contributed by atoms with Crippen LogP contribution in [0.1, 0.15) is 88.2 Å². The Kier molecular flexibility index (Phi) is 14.8. The molecule has 0 radical (unpaired) electrons. The topological polar surface area (TPSA) is 54.8 Å². The Morgan fingerprint density at radius 1 is 1.16 bits per heavy atom. The number of ether oxygens (including phenoxy) is 1. The first kappa shape index (κ1) is 37.1. The van der Waals surface area contributed by atoms with Gasteiger partial charge in [-0.15, -0.1) is 0 Å². The lowest BCUT2D eigenvalue weighted by Gasteiger charge is -2.29. The molecular weight excluding hydrogens is 568 g/mol. The third-order valence-electron chi connectivity index (χ3n) is 7.55. The normalized spacial score (nSPS) is 14.0. The van der Waals surface area contributed by atoms with Crippen molar-refractivity contribution < 1.29 is 18.3 Å². The van der Waals surface area contributed by atoms with Crippen LogP contribution in [0.5, 0.6) is 0 Å². The van der Waals surface area contributed by atoms with Gasteiger partial charge in [0.05, 0.1) is 12.3 Å². The molecule has 1 amide bonds. The minimum absolute atomic E-state index is 0.106. The SMILES string of the molecule is C=C/C=C(C)/C(=N\C=C/C)C(=C/C(C)c1cc(F)cc(F)c1)/c1c(C)ncc(C)c1CC(=C)C[C@@H](C)N(CCC)C(=O)OCC. The molecule has 1 unspecified atom stereocenters. The highest BCUT2D eigenvalue weighted by Crippen LogP contribution is 2.34. The minimum atomic E-state index is -0.628. The van der Waals surface area contributed by atoms with Crippen LogP contribution in [0.3, 0.4) is 0 Å². The number of aromatic nitrogens is 1. The number of hydrogen-bond acceptors (Lipinski definition) is 4.